The molecule has 3 heterocycles. The summed E-state index contributed by atoms with van der Waals surface area (Å²) in [6.45, 7) is 0. The SMILES string of the molecule is c1ccc(-n2c(-c3ccc(-c4ccc(-c5nc6ccccc6c6c5ccc5sc7ccccc7c56)cc4)cc3)nc3ccccc32)cc1. The quantitative estimate of drug-likeness (QED) is 0.181. The van der Waals surface area contributed by atoms with E-state index < -0.39 is 0 Å². The van der Waals surface area contributed by atoms with Crippen LogP contribution >= 0.6 is 11.3 Å². The van der Waals surface area contributed by atoms with E-state index in [9.17, 15) is 0 Å². The van der Waals surface area contributed by atoms with Crippen LogP contribution in [0.5, 0.6) is 0 Å². The van der Waals surface area contributed by atoms with E-state index in [-0.39, 0.29) is 0 Å². The van der Waals surface area contributed by atoms with Crippen molar-refractivity contribution in [2.75, 3.05) is 0 Å². The van der Waals surface area contributed by atoms with Crippen LogP contribution in [-0.4, -0.2) is 14.5 Å². The summed E-state index contributed by atoms with van der Waals surface area (Å²) in [5.41, 5.74) is 9.74. The molecule has 0 atom stereocenters. The summed E-state index contributed by atoms with van der Waals surface area (Å²) in [5.74, 6) is 0.936. The number of thiophene rings is 1. The second kappa shape index (κ2) is 10.7. The summed E-state index contributed by atoms with van der Waals surface area (Å²) >= 11 is 1.86. The van der Waals surface area contributed by atoms with Gasteiger partial charge in [0.2, 0.25) is 0 Å². The minimum absolute atomic E-state index is 0.936. The van der Waals surface area contributed by atoms with Crippen molar-refractivity contribution in [1.29, 1.82) is 0 Å². The molecular weight excluding hydrogens is 603 g/mol. The zero-order valence-electron chi connectivity index (χ0n) is 25.8. The monoisotopic (exact) mass is 629 g/mol. The molecule has 224 valence electrons. The summed E-state index contributed by atoms with van der Waals surface area (Å²) < 4.78 is 4.87. The Bertz CT molecular complexity index is 2810. The van der Waals surface area contributed by atoms with E-state index in [4.69, 9.17) is 9.97 Å². The Morgan fingerprint density at radius 3 is 1.81 bits per heavy atom. The van der Waals surface area contributed by atoms with Crippen molar-refractivity contribution in [2.45, 2.75) is 0 Å². The zero-order valence-corrected chi connectivity index (χ0v) is 26.7. The van der Waals surface area contributed by atoms with E-state index in [0.29, 0.717) is 0 Å². The van der Waals surface area contributed by atoms with Crippen molar-refractivity contribution >= 4 is 64.2 Å². The Labute approximate surface area is 281 Å². The van der Waals surface area contributed by atoms with Gasteiger partial charge in [-0.05, 0) is 53.6 Å². The minimum atomic E-state index is 0.936. The predicted molar refractivity (Wildman–Crippen MR) is 203 cm³/mol. The molecule has 7 aromatic carbocycles. The fourth-order valence-electron chi connectivity index (χ4n) is 7.17. The maximum atomic E-state index is 5.24. The lowest BCUT2D eigenvalue weighted by Crippen LogP contribution is -1.97. The first-order chi connectivity index (χ1) is 23.8. The normalized spacial score (nSPS) is 11.8. The Balaban J connectivity index is 1.06. The van der Waals surface area contributed by atoms with E-state index in [1.54, 1.807) is 0 Å². The van der Waals surface area contributed by atoms with Gasteiger partial charge in [0.1, 0.15) is 5.82 Å². The van der Waals surface area contributed by atoms with Crippen LogP contribution < -0.4 is 0 Å². The smallest absolute Gasteiger partial charge is 0.145 e. The lowest BCUT2D eigenvalue weighted by atomic mass is 9.95. The Hall–Kier alpha value is -6.10. The summed E-state index contributed by atoms with van der Waals surface area (Å²) in [4.78, 5) is 10.3. The van der Waals surface area contributed by atoms with Crippen molar-refractivity contribution in [2.24, 2.45) is 0 Å². The highest BCUT2D eigenvalue weighted by Crippen LogP contribution is 2.43. The number of pyridine rings is 1. The van der Waals surface area contributed by atoms with E-state index in [2.05, 4.69) is 156 Å². The molecule has 3 nitrogen and oxygen atoms in total. The van der Waals surface area contributed by atoms with Crippen molar-refractivity contribution in [3.8, 4) is 39.5 Å². The van der Waals surface area contributed by atoms with Gasteiger partial charge in [-0.25, -0.2) is 9.97 Å². The minimum Gasteiger partial charge on any atom is -0.292 e. The average molecular weight is 630 g/mol. The third-order valence-electron chi connectivity index (χ3n) is 9.41. The molecule has 0 fully saturated rings. The number of imidazole rings is 1. The number of hydrogen-bond donors (Lipinski definition) is 0. The van der Waals surface area contributed by atoms with E-state index >= 15 is 0 Å². The van der Waals surface area contributed by atoms with Gasteiger partial charge in [-0.2, -0.15) is 0 Å². The molecule has 0 aliphatic heterocycles. The molecule has 0 unspecified atom stereocenters. The molecule has 4 heteroatoms. The molecule has 10 rings (SSSR count). The van der Waals surface area contributed by atoms with Crippen LogP contribution in [0.3, 0.4) is 0 Å². The van der Waals surface area contributed by atoms with Gasteiger partial charge >= 0.3 is 0 Å². The number of rotatable bonds is 4. The highest BCUT2D eigenvalue weighted by atomic mass is 32.1. The van der Waals surface area contributed by atoms with Crippen LogP contribution in [0.15, 0.2) is 164 Å². The molecule has 0 radical (unpaired) electrons. The van der Waals surface area contributed by atoms with Gasteiger partial charge < -0.3 is 0 Å². The number of fused-ring (bicyclic) bond motifs is 8. The number of hydrogen-bond acceptors (Lipinski definition) is 3. The van der Waals surface area contributed by atoms with Crippen molar-refractivity contribution in [3.63, 3.8) is 0 Å². The third kappa shape index (κ3) is 4.20. The number of benzene rings is 7. The average Bonchev–Trinajstić information content (AvgIpc) is 3.74. The summed E-state index contributed by atoms with van der Waals surface area (Å²) in [5, 5.41) is 6.30. The van der Waals surface area contributed by atoms with Gasteiger partial charge in [0.25, 0.3) is 0 Å². The number of para-hydroxylation sites is 4. The van der Waals surface area contributed by atoms with Gasteiger partial charge in [-0.1, -0.05) is 121 Å². The summed E-state index contributed by atoms with van der Waals surface area (Å²) in [7, 11) is 0. The largest absolute Gasteiger partial charge is 0.292 e. The van der Waals surface area contributed by atoms with Gasteiger partial charge in [0.05, 0.1) is 22.2 Å². The highest BCUT2D eigenvalue weighted by Gasteiger charge is 2.17. The van der Waals surface area contributed by atoms with Crippen LogP contribution in [0.2, 0.25) is 0 Å². The zero-order chi connectivity index (χ0) is 31.6. The molecule has 0 saturated carbocycles. The van der Waals surface area contributed by atoms with Gasteiger partial charge in [-0.3, -0.25) is 4.57 Å². The Morgan fingerprint density at radius 2 is 1.02 bits per heavy atom. The molecular formula is C44H27N3S. The highest BCUT2D eigenvalue weighted by molar-refractivity contribution is 7.26. The fraction of sp³-hybridized carbons (Fsp3) is 0. The summed E-state index contributed by atoms with van der Waals surface area (Å²) in [6.07, 6.45) is 0. The topological polar surface area (TPSA) is 30.7 Å². The number of nitrogens with zero attached hydrogens (tertiary/aromatic N) is 3. The van der Waals surface area contributed by atoms with Crippen LogP contribution in [0.4, 0.5) is 0 Å². The second-order valence-electron chi connectivity index (χ2n) is 12.2. The Kier molecular flexibility index (Phi) is 6.05. The van der Waals surface area contributed by atoms with Crippen molar-refractivity contribution in [1.82, 2.24) is 14.5 Å². The Morgan fingerprint density at radius 1 is 0.396 bits per heavy atom. The molecule has 0 spiro atoms. The van der Waals surface area contributed by atoms with Gasteiger partial charge in [-0.15, -0.1) is 11.3 Å². The summed E-state index contributed by atoms with van der Waals surface area (Å²) in [6, 6.07) is 58.2. The first kappa shape index (κ1) is 27.1. The van der Waals surface area contributed by atoms with Crippen LogP contribution in [0.25, 0.3) is 92.3 Å². The van der Waals surface area contributed by atoms with E-state index in [0.717, 1.165) is 56.0 Å². The fourth-order valence-corrected chi connectivity index (χ4v) is 8.28. The molecule has 0 bridgehead atoms. The van der Waals surface area contributed by atoms with E-state index in [1.807, 2.05) is 23.5 Å². The van der Waals surface area contributed by atoms with Crippen molar-refractivity contribution < 1.29 is 0 Å². The maximum absolute atomic E-state index is 5.24. The molecule has 0 N–H and O–H groups in total. The lowest BCUT2D eigenvalue weighted by molar-refractivity contribution is 1.10. The predicted octanol–water partition coefficient (Wildman–Crippen LogP) is 12.1. The van der Waals surface area contributed by atoms with Gasteiger partial charge in [0, 0.05) is 53.1 Å². The molecule has 3 aromatic heterocycles. The molecule has 48 heavy (non-hydrogen) atoms. The van der Waals surface area contributed by atoms with E-state index in [1.165, 1.54) is 36.3 Å². The van der Waals surface area contributed by atoms with Crippen molar-refractivity contribution in [3.05, 3.63) is 164 Å². The standard InChI is InChI=1S/C44H27N3S/c1-2-10-32(11-3-1)47-38-16-8-7-15-37(38)46-44(47)31-24-20-29(21-25-31)28-18-22-30(23-19-28)43-35-26-27-40-42(34-13-5-9-17-39(34)48-40)41(35)33-12-4-6-14-36(33)45-43/h1-27H. The lowest BCUT2D eigenvalue weighted by Gasteiger charge is -2.12. The number of aromatic nitrogens is 3. The second-order valence-corrected chi connectivity index (χ2v) is 13.3. The first-order valence-electron chi connectivity index (χ1n) is 16.2. The first-order valence-corrected chi connectivity index (χ1v) is 17.0. The molecule has 0 amide bonds. The van der Waals surface area contributed by atoms with Crippen LogP contribution in [0, 0.1) is 0 Å². The molecule has 10 aromatic rings. The third-order valence-corrected chi connectivity index (χ3v) is 10.6. The molecule has 0 aliphatic rings. The van der Waals surface area contributed by atoms with Crippen LogP contribution in [-0.2, 0) is 0 Å². The maximum Gasteiger partial charge on any atom is 0.145 e. The molecule has 0 aliphatic carbocycles. The van der Waals surface area contributed by atoms with Crippen LogP contribution in [0.1, 0.15) is 0 Å². The van der Waals surface area contributed by atoms with Gasteiger partial charge in [0.15, 0.2) is 0 Å². The molecule has 0 saturated heterocycles.